The van der Waals surface area contributed by atoms with Crippen molar-refractivity contribution in [2.75, 3.05) is 52.6 Å². The fourth-order valence-electron chi connectivity index (χ4n) is 6.49. The molecule has 5 rings (SSSR count). The Labute approximate surface area is 175 Å². The van der Waals surface area contributed by atoms with Crippen molar-refractivity contribution in [2.45, 2.75) is 75.3 Å². The maximum Gasteiger partial charge on any atom is 0.0594 e. The van der Waals surface area contributed by atoms with Gasteiger partial charge in [0.2, 0.25) is 0 Å². The van der Waals surface area contributed by atoms with Crippen molar-refractivity contribution in [3.63, 3.8) is 0 Å². The van der Waals surface area contributed by atoms with Gasteiger partial charge in [0.25, 0.3) is 0 Å². The Hall–Kier alpha value is -0.280. The molecule has 2 saturated carbocycles. The normalized spacial score (nSPS) is 45.3. The molecule has 2 aliphatic carbocycles. The van der Waals surface area contributed by atoms with Gasteiger partial charge >= 0.3 is 0 Å². The van der Waals surface area contributed by atoms with E-state index < -0.39 is 0 Å². The molecule has 7 nitrogen and oxygen atoms in total. The molecule has 3 heterocycles. The van der Waals surface area contributed by atoms with Crippen molar-refractivity contribution in [3.8, 4) is 0 Å². The second-order valence-electron chi connectivity index (χ2n) is 9.76. The quantitative estimate of drug-likeness (QED) is 0.596. The molecular weight excluding hydrogens is 368 g/mol. The van der Waals surface area contributed by atoms with E-state index in [1.54, 1.807) is 0 Å². The molecule has 7 atom stereocenters. The van der Waals surface area contributed by atoms with E-state index in [-0.39, 0.29) is 0 Å². The molecule has 5 aliphatic rings. The summed E-state index contributed by atoms with van der Waals surface area (Å²) < 4.78 is 18.3. The second kappa shape index (κ2) is 9.90. The predicted octanol–water partition coefficient (Wildman–Crippen LogP) is 0.896. The van der Waals surface area contributed by atoms with Crippen LogP contribution in [0.5, 0.6) is 0 Å². The minimum atomic E-state index is 0.380. The van der Waals surface area contributed by atoms with Crippen LogP contribution < -0.4 is 16.2 Å². The third-order valence-electron chi connectivity index (χ3n) is 7.98. The molecule has 7 unspecified atom stereocenters. The first-order chi connectivity index (χ1) is 14.4. The molecule has 3 saturated heterocycles. The lowest BCUT2D eigenvalue weighted by Crippen LogP contribution is -2.52. The van der Waals surface area contributed by atoms with E-state index in [2.05, 4.69) is 21.1 Å². The Balaban J connectivity index is 1.32. The number of fused-ring (bicyclic) bond motifs is 4. The summed E-state index contributed by atoms with van der Waals surface area (Å²) in [4.78, 5) is 2.67. The number of nitrogens with zero attached hydrogens (tertiary/aromatic N) is 1. The molecule has 29 heavy (non-hydrogen) atoms. The van der Waals surface area contributed by atoms with Gasteiger partial charge in [-0.2, -0.15) is 0 Å². The summed E-state index contributed by atoms with van der Waals surface area (Å²) in [5.41, 5.74) is 7.40. The zero-order valence-corrected chi connectivity index (χ0v) is 17.8. The first-order valence-corrected chi connectivity index (χ1v) is 12.1. The number of nitrogens with one attached hydrogen (secondary N) is 3. The van der Waals surface area contributed by atoms with Crippen LogP contribution in [0.4, 0.5) is 0 Å². The number of hydrogen-bond acceptors (Lipinski definition) is 7. The molecule has 0 aromatic heterocycles. The third-order valence-corrected chi connectivity index (χ3v) is 7.98. The summed E-state index contributed by atoms with van der Waals surface area (Å²) in [5.74, 6) is 1.35. The van der Waals surface area contributed by atoms with Gasteiger partial charge in [0.1, 0.15) is 0 Å². The fourth-order valence-corrected chi connectivity index (χ4v) is 6.49. The number of hydrogen-bond donors (Lipinski definition) is 3. The summed E-state index contributed by atoms with van der Waals surface area (Å²) in [7, 11) is 0. The minimum Gasteiger partial charge on any atom is -0.379 e. The minimum absolute atomic E-state index is 0.380. The Morgan fingerprint density at radius 2 is 1.66 bits per heavy atom. The van der Waals surface area contributed by atoms with Crippen molar-refractivity contribution < 1.29 is 14.2 Å². The van der Waals surface area contributed by atoms with Gasteiger partial charge in [0.15, 0.2) is 0 Å². The van der Waals surface area contributed by atoms with Gasteiger partial charge in [-0.25, -0.2) is 0 Å². The highest BCUT2D eigenvalue weighted by Gasteiger charge is 2.46. The SMILES string of the molecule is C1CNCCOC2CC(CC(N3CCOCC3)C2)C2NNC3CCC(CC32)OC1. The molecule has 0 spiro atoms. The molecule has 5 fully saturated rings. The highest BCUT2D eigenvalue weighted by molar-refractivity contribution is 5.01. The standard InChI is InChI=1S/C22H40N4O3/c1-4-23-5-9-29-19-13-16(12-17(14-19)26-6-10-27-11-7-26)22-20-15-18(28-8-1)2-3-21(20)24-25-22/h16-25H,1-15H2. The van der Waals surface area contributed by atoms with Gasteiger partial charge in [-0.05, 0) is 63.3 Å². The van der Waals surface area contributed by atoms with E-state index in [9.17, 15) is 0 Å². The van der Waals surface area contributed by atoms with Crippen LogP contribution in [0.2, 0.25) is 0 Å². The van der Waals surface area contributed by atoms with Crippen LogP contribution in [-0.4, -0.2) is 87.8 Å². The van der Waals surface area contributed by atoms with Gasteiger partial charge in [-0.1, -0.05) is 0 Å². The van der Waals surface area contributed by atoms with Crippen LogP contribution >= 0.6 is 0 Å². The summed E-state index contributed by atoms with van der Waals surface area (Å²) in [6, 6.07) is 1.78. The molecule has 0 radical (unpaired) electrons. The van der Waals surface area contributed by atoms with E-state index in [0.29, 0.717) is 42.2 Å². The monoisotopic (exact) mass is 408 g/mol. The zero-order chi connectivity index (χ0) is 19.5. The van der Waals surface area contributed by atoms with Gasteiger partial charge in [-0.15, -0.1) is 0 Å². The van der Waals surface area contributed by atoms with Crippen molar-refractivity contribution in [3.05, 3.63) is 0 Å². The Morgan fingerprint density at radius 1 is 0.759 bits per heavy atom. The van der Waals surface area contributed by atoms with Crippen LogP contribution in [0, 0.1) is 11.8 Å². The highest BCUT2D eigenvalue weighted by Crippen LogP contribution is 2.40. The maximum atomic E-state index is 6.42. The smallest absolute Gasteiger partial charge is 0.0594 e. The number of ether oxygens (including phenoxy) is 3. The van der Waals surface area contributed by atoms with E-state index in [4.69, 9.17) is 14.2 Å². The first-order valence-electron chi connectivity index (χ1n) is 12.1. The predicted molar refractivity (Wildman–Crippen MR) is 112 cm³/mol. The highest BCUT2D eigenvalue weighted by atomic mass is 16.5. The topological polar surface area (TPSA) is 67.0 Å². The lowest BCUT2D eigenvalue weighted by Gasteiger charge is -2.45. The Kier molecular flexibility index (Phi) is 7.03. The molecule has 7 heteroatoms. The molecule has 0 amide bonds. The first kappa shape index (κ1) is 20.6. The molecule has 4 bridgehead atoms. The van der Waals surface area contributed by atoms with E-state index in [1.807, 2.05) is 0 Å². The van der Waals surface area contributed by atoms with Crippen LogP contribution in [0.3, 0.4) is 0 Å². The maximum absolute atomic E-state index is 6.42. The van der Waals surface area contributed by atoms with Crippen LogP contribution in [-0.2, 0) is 14.2 Å². The van der Waals surface area contributed by atoms with Crippen LogP contribution in [0.1, 0.15) is 44.9 Å². The largest absolute Gasteiger partial charge is 0.379 e. The average Bonchev–Trinajstić information content (AvgIpc) is 3.19. The van der Waals surface area contributed by atoms with Crippen molar-refractivity contribution in [2.24, 2.45) is 11.8 Å². The number of hydrazine groups is 1. The molecule has 3 aliphatic heterocycles. The summed E-state index contributed by atoms with van der Waals surface area (Å²) in [5, 5.41) is 3.53. The van der Waals surface area contributed by atoms with Gasteiger partial charge in [-0.3, -0.25) is 15.8 Å². The zero-order valence-electron chi connectivity index (χ0n) is 17.8. The molecule has 0 aromatic carbocycles. The van der Waals surface area contributed by atoms with Crippen molar-refractivity contribution in [1.29, 1.82) is 0 Å². The van der Waals surface area contributed by atoms with Crippen LogP contribution in [0.25, 0.3) is 0 Å². The lowest BCUT2D eigenvalue weighted by molar-refractivity contribution is -0.0517. The summed E-state index contributed by atoms with van der Waals surface area (Å²) >= 11 is 0. The number of morpholine rings is 1. The average molecular weight is 409 g/mol. The summed E-state index contributed by atoms with van der Waals surface area (Å²) in [6.07, 6.45) is 9.20. The van der Waals surface area contributed by atoms with Crippen molar-refractivity contribution in [1.82, 2.24) is 21.1 Å². The van der Waals surface area contributed by atoms with E-state index in [1.165, 1.54) is 38.5 Å². The Morgan fingerprint density at radius 3 is 2.59 bits per heavy atom. The lowest BCUT2D eigenvalue weighted by atomic mass is 9.71. The third kappa shape index (κ3) is 4.97. The molecule has 166 valence electrons. The second-order valence-corrected chi connectivity index (χ2v) is 9.76. The van der Waals surface area contributed by atoms with Crippen LogP contribution in [0.15, 0.2) is 0 Å². The number of rotatable bonds is 1. The van der Waals surface area contributed by atoms with Crippen molar-refractivity contribution >= 4 is 0 Å². The fraction of sp³-hybridized carbons (Fsp3) is 1.00. The Bertz CT molecular complexity index is 518. The van der Waals surface area contributed by atoms with Gasteiger partial charge in [0, 0.05) is 44.4 Å². The van der Waals surface area contributed by atoms with Gasteiger partial charge < -0.3 is 19.5 Å². The van der Waals surface area contributed by atoms with E-state index in [0.717, 1.165) is 59.0 Å². The van der Waals surface area contributed by atoms with Gasteiger partial charge in [0.05, 0.1) is 32.0 Å². The summed E-state index contributed by atoms with van der Waals surface area (Å²) in [6.45, 7) is 7.57. The molecular formula is C22H40N4O3. The van der Waals surface area contributed by atoms with E-state index >= 15 is 0 Å². The molecule has 0 aromatic rings. The molecule has 3 N–H and O–H groups in total.